The van der Waals surface area contributed by atoms with Crippen LogP contribution in [0.1, 0.15) is 31.8 Å². The summed E-state index contributed by atoms with van der Waals surface area (Å²) in [7, 11) is 1.66. The molecule has 0 spiro atoms. The summed E-state index contributed by atoms with van der Waals surface area (Å²) in [6, 6.07) is 14.7. The van der Waals surface area contributed by atoms with E-state index in [0.717, 1.165) is 5.56 Å². The lowest BCUT2D eigenvalue weighted by Gasteiger charge is -2.17. The molecule has 2 amide bonds. The van der Waals surface area contributed by atoms with Gasteiger partial charge in [-0.05, 0) is 55.8 Å². The minimum atomic E-state index is -0.528. The second-order valence-electron chi connectivity index (χ2n) is 7.31. The number of anilines is 2. The molecule has 3 aromatic rings. The van der Waals surface area contributed by atoms with Crippen LogP contribution in [0.4, 0.5) is 17.1 Å². The molecule has 1 heterocycles. The summed E-state index contributed by atoms with van der Waals surface area (Å²) in [5.41, 5.74) is 2.64. The molecule has 156 valence electrons. The maximum atomic E-state index is 13.1. The van der Waals surface area contributed by atoms with Crippen molar-refractivity contribution in [3.8, 4) is 11.5 Å². The van der Waals surface area contributed by atoms with Crippen molar-refractivity contribution in [2.75, 3.05) is 17.3 Å². The Morgan fingerprint density at radius 1 is 1.06 bits per heavy atom. The largest absolute Gasteiger partial charge is 0.454 e. The molecule has 0 atom stereocenters. The third-order valence-corrected chi connectivity index (χ3v) is 5.21. The highest BCUT2D eigenvalue weighted by Gasteiger charge is 2.26. The van der Waals surface area contributed by atoms with Gasteiger partial charge in [-0.2, -0.15) is 0 Å². The van der Waals surface area contributed by atoms with Gasteiger partial charge >= 0.3 is 0 Å². The lowest BCUT2D eigenvalue weighted by atomic mass is 10.1. The molecule has 4 rings (SSSR count). The summed E-state index contributed by atoms with van der Waals surface area (Å²) >= 11 is 0. The van der Waals surface area contributed by atoms with Crippen LogP contribution in [-0.2, 0) is 0 Å². The van der Waals surface area contributed by atoms with Gasteiger partial charge in [-0.1, -0.05) is 12.1 Å². The number of nitro groups is 1. The first-order chi connectivity index (χ1) is 14.8. The summed E-state index contributed by atoms with van der Waals surface area (Å²) in [5.74, 6) is 0.158. The second-order valence-corrected chi connectivity index (χ2v) is 7.31. The van der Waals surface area contributed by atoms with E-state index in [2.05, 4.69) is 5.32 Å². The van der Waals surface area contributed by atoms with Crippen LogP contribution in [0.2, 0.25) is 0 Å². The Bertz CT molecular complexity index is 1250. The van der Waals surface area contributed by atoms with Crippen LogP contribution in [0.25, 0.3) is 0 Å². The van der Waals surface area contributed by atoms with Crippen molar-refractivity contribution >= 4 is 28.9 Å². The van der Waals surface area contributed by atoms with Gasteiger partial charge in [0.15, 0.2) is 5.75 Å². The fourth-order valence-electron chi connectivity index (χ4n) is 3.51. The molecule has 0 unspecified atom stereocenters. The standard InChI is InChI=1S/C23H19N3O5/c1-13-7-9-21-19(11-13)25(3)23(28)17-12-15(8-10-20(17)31-21)24-22(27)16-5-4-6-18(14(16)2)26(29)30/h4-12H,1-3H3,(H,24,27). The molecule has 0 fully saturated rings. The smallest absolute Gasteiger partial charge is 0.273 e. The van der Waals surface area contributed by atoms with Crippen molar-refractivity contribution in [1.82, 2.24) is 0 Å². The fraction of sp³-hybridized carbons (Fsp3) is 0.130. The van der Waals surface area contributed by atoms with E-state index in [9.17, 15) is 19.7 Å². The average Bonchev–Trinajstić information content (AvgIpc) is 2.83. The Morgan fingerprint density at radius 2 is 1.81 bits per heavy atom. The van der Waals surface area contributed by atoms with Crippen LogP contribution < -0.4 is 15.0 Å². The van der Waals surface area contributed by atoms with Crippen LogP contribution in [0.15, 0.2) is 54.6 Å². The quantitative estimate of drug-likeness (QED) is 0.485. The Kier molecular flexibility index (Phi) is 4.90. The van der Waals surface area contributed by atoms with E-state index < -0.39 is 10.8 Å². The van der Waals surface area contributed by atoms with Crippen LogP contribution in [0.5, 0.6) is 11.5 Å². The van der Waals surface area contributed by atoms with E-state index in [0.29, 0.717) is 28.4 Å². The zero-order chi connectivity index (χ0) is 22.3. The molecule has 3 aromatic carbocycles. The zero-order valence-electron chi connectivity index (χ0n) is 17.1. The highest BCUT2D eigenvalue weighted by Crippen LogP contribution is 2.39. The van der Waals surface area contributed by atoms with Crippen molar-refractivity contribution in [2.24, 2.45) is 0 Å². The number of carbonyl (C=O) groups is 2. The van der Waals surface area contributed by atoms with Crippen LogP contribution in [-0.4, -0.2) is 23.8 Å². The van der Waals surface area contributed by atoms with E-state index in [1.807, 2.05) is 25.1 Å². The van der Waals surface area contributed by atoms with Gasteiger partial charge < -0.3 is 15.0 Å². The minimum Gasteiger partial charge on any atom is -0.454 e. The average molecular weight is 417 g/mol. The fourth-order valence-corrected chi connectivity index (χ4v) is 3.51. The summed E-state index contributed by atoms with van der Waals surface area (Å²) in [6.07, 6.45) is 0. The summed E-state index contributed by atoms with van der Waals surface area (Å²) < 4.78 is 5.95. The lowest BCUT2D eigenvalue weighted by Crippen LogP contribution is -2.25. The molecule has 1 aliphatic heterocycles. The normalized spacial score (nSPS) is 12.4. The van der Waals surface area contributed by atoms with Gasteiger partial charge in [0.25, 0.3) is 17.5 Å². The van der Waals surface area contributed by atoms with E-state index in [-0.39, 0.29) is 22.7 Å². The van der Waals surface area contributed by atoms with Gasteiger partial charge in [0.05, 0.1) is 16.2 Å². The number of ether oxygens (including phenoxy) is 1. The van der Waals surface area contributed by atoms with E-state index >= 15 is 0 Å². The maximum Gasteiger partial charge on any atom is 0.273 e. The molecular formula is C23H19N3O5. The number of rotatable bonds is 3. The minimum absolute atomic E-state index is 0.132. The molecule has 0 aromatic heterocycles. The molecule has 0 saturated heterocycles. The topological polar surface area (TPSA) is 102 Å². The highest BCUT2D eigenvalue weighted by molar-refractivity contribution is 6.11. The maximum absolute atomic E-state index is 13.1. The van der Waals surface area contributed by atoms with E-state index in [4.69, 9.17) is 4.74 Å². The Labute approximate surface area is 178 Å². The molecule has 0 aliphatic carbocycles. The molecule has 0 saturated carbocycles. The van der Waals surface area contributed by atoms with Gasteiger partial charge in [-0.15, -0.1) is 0 Å². The van der Waals surface area contributed by atoms with Gasteiger partial charge in [0.2, 0.25) is 0 Å². The summed E-state index contributed by atoms with van der Waals surface area (Å²) in [4.78, 5) is 37.9. The zero-order valence-corrected chi connectivity index (χ0v) is 17.1. The van der Waals surface area contributed by atoms with Crippen LogP contribution >= 0.6 is 0 Å². The van der Waals surface area contributed by atoms with Gasteiger partial charge in [0.1, 0.15) is 5.75 Å². The molecule has 0 bridgehead atoms. The number of hydrogen-bond acceptors (Lipinski definition) is 5. The molecular weight excluding hydrogens is 398 g/mol. The summed E-state index contributed by atoms with van der Waals surface area (Å²) in [6.45, 7) is 3.45. The van der Waals surface area contributed by atoms with Crippen LogP contribution in [0, 0.1) is 24.0 Å². The van der Waals surface area contributed by atoms with Crippen LogP contribution in [0.3, 0.4) is 0 Å². The number of carbonyl (C=O) groups excluding carboxylic acids is 2. The third kappa shape index (κ3) is 3.59. The number of nitrogens with one attached hydrogen (secondary N) is 1. The first kappa shape index (κ1) is 20.1. The number of aryl methyl sites for hydroxylation is 1. The number of nitrogens with zero attached hydrogens (tertiary/aromatic N) is 2. The number of fused-ring (bicyclic) bond motifs is 2. The van der Waals surface area contributed by atoms with Gasteiger partial charge in [0, 0.05) is 29.9 Å². The predicted molar refractivity (Wildman–Crippen MR) is 116 cm³/mol. The SMILES string of the molecule is Cc1ccc2c(c1)N(C)C(=O)c1cc(NC(=O)c3cccc([N+](=O)[O-])c3C)ccc1O2. The van der Waals surface area contributed by atoms with Crippen molar-refractivity contribution in [2.45, 2.75) is 13.8 Å². The Balaban J connectivity index is 1.66. The predicted octanol–water partition coefficient (Wildman–Crippen LogP) is 4.85. The van der Waals surface area contributed by atoms with Gasteiger partial charge in [-0.3, -0.25) is 19.7 Å². The molecule has 8 nitrogen and oxygen atoms in total. The van der Waals surface area contributed by atoms with Gasteiger partial charge in [-0.25, -0.2) is 0 Å². The molecule has 31 heavy (non-hydrogen) atoms. The Hall–Kier alpha value is -4.20. The van der Waals surface area contributed by atoms with E-state index in [1.165, 1.54) is 36.1 Å². The van der Waals surface area contributed by atoms with Crippen molar-refractivity contribution in [3.05, 3.63) is 87.0 Å². The third-order valence-electron chi connectivity index (χ3n) is 5.21. The summed E-state index contributed by atoms with van der Waals surface area (Å²) in [5, 5.41) is 13.9. The number of amides is 2. The number of benzene rings is 3. The van der Waals surface area contributed by atoms with Crippen molar-refractivity contribution < 1.29 is 19.2 Å². The first-order valence-corrected chi connectivity index (χ1v) is 9.52. The molecule has 0 radical (unpaired) electrons. The first-order valence-electron chi connectivity index (χ1n) is 9.52. The van der Waals surface area contributed by atoms with E-state index in [1.54, 1.807) is 19.2 Å². The Morgan fingerprint density at radius 3 is 2.55 bits per heavy atom. The van der Waals surface area contributed by atoms with Crippen molar-refractivity contribution in [1.29, 1.82) is 0 Å². The lowest BCUT2D eigenvalue weighted by molar-refractivity contribution is -0.385. The molecule has 1 N–H and O–H groups in total. The number of hydrogen-bond donors (Lipinski definition) is 1. The molecule has 1 aliphatic rings. The highest BCUT2D eigenvalue weighted by atomic mass is 16.6. The number of nitro benzene ring substituents is 1. The molecule has 8 heteroatoms. The second kappa shape index (κ2) is 7.56. The monoisotopic (exact) mass is 417 g/mol. The van der Waals surface area contributed by atoms with Crippen molar-refractivity contribution in [3.63, 3.8) is 0 Å².